The van der Waals surface area contributed by atoms with Crippen LogP contribution in [0.1, 0.15) is 53.4 Å². The molecule has 3 heteroatoms. The van der Waals surface area contributed by atoms with Gasteiger partial charge in [0.15, 0.2) is 5.60 Å². The van der Waals surface area contributed by atoms with Gasteiger partial charge in [0.05, 0.1) is 6.61 Å². The predicted octanol–water partition coefficient (Wildman–Crippen LogP) is 2.52. The van der Waals surface area contributed by atoms with Gasteiger partial charge in [0.25, 0.3) is 0 Å². The maximum Gasteiger partial charge on any atom is 0.338 e. The van der Waals surface area contributed by atoms with Crippen molar-refractivity contribution in [2.24, 2.45) is 5.92 Å². The summed E-state index contributed by atoms with van der Waals surface area (Å²) >= 11 is 0. The van der Waals surface area contributed by atoms with Crippen LogP contribution in [0.5, 0.6) is 0 Å². The normalized spacial score (nSPS) is 15.1. The summed E-state index contributed by atoms with van der Waals surface area (Å²) < 4.78 is 4.89. The van der Waals surface area contributed by atoms with E-state index in [0.717, 1.165) is 25.7 Å². The molecule has 0 aromatic carbocycles. The molecular formula is C12H24O3. The molecule has 0 rings (SSSR count). The third-order valence-electron chi connectivity index (χ3n) is 2.76. The van der Waals surface area contributed by atoms with Gasteiger partial charge in [0, 0.05) is 0 Å². The average molecular weight is 216 g/mol. The van der Waals surface area contributed by atoms with E-state index in [1.54, 1.807) is 13.8 Å². The maximum atomic E-state index is 11.6. The second kappa shape index (κ2) is 6.83. The lowest BCUT2D eigenvalue weighted by atomic mass is 9.82. The highest BCUT2D eigenvalue weighted by Crippen LogP contribution is 2.27. The molecule has 1 unspecified atom stereocenters. The summed E-state index contributed by atoms with van der Waals surface area (Å²) in [5, 5.41) is 10.2. The molecular weight excluding hydrogens is 192 g/mol. The van der Waals surface area contributed by atoms with E-state index in [1.807, 2.05) is 0 Å². The molecule has 0 aliphatic carbocycles. The first-order chi connectivity index (χ1) is 7.00. The topological polar surface area (TPSA) is 46.5 Å². The van der Waals surface area contributed by atoms with E-state index in [4.69, 9.17) is 4.74 Å². The Kier molecular flexibility index (Phi) is 6.57. The van der Waals surface area contributed by atoms with Crippen LogP contribution in [0.3, 0.4) is 0 Å². The summed E-state index contributed by atoms with van der Waals surface area (Å²) in [6.45, 7) is 7.76. The summed E-state index contributed by atoms with van der Waals surface area (Å²) in [4.78, 5) is 11.6. The minimum Gasteiger partial charge on any atom is -0.464 e. The molecule has 0 saturated carbocycles. The van der Waals surface area contributed by atoms with Crippen LogP contribution in [0.15, 0.2) is 0 Å². The summed E-state index contributed by atoms with van der Waals surface area (Å²) in [5.41, 5.74) is -1.33. The van der Waals surface area contributed by atoms with Crippen molar-refractivity contribution in [1.82, 2.24) is 0 Å². The molecule has 0 aliphatic heterocycles. The Morgan fingerprint density at radius 1 is 1.27 bits per heavy atom. The number of carbonyl (C=O) groups excluding carboxylic acids is 1. The van der Waals surface area contributed by atoms with E-state index in [1.165, 1.54) is 0 Å². The zero-order valence-electron chi connectivity index (χ0n) is 10.4. The minimum atomic E-state index is -1.33. The van der Waals surface area contributed by atoms with Gasteiger partial charge in [-0.2, -0.15) is 0 Å². The molecule has 0 heterocycles. The van der Waals surface area contributed by atoms with Crippen molar-refractivity contribution in [3.8, 4) is 0 Å². The largest absolute Gasteiger partial charge is 0.464 e. The Morgan fingerprint density at radius 3 is 2.07 bits per heavy atom. The lowest BCUT2D eigenvalue weighted by Crippen LogP contribution is -2.44. The van der Waals surface area contributed by atoms with E-state index in [-0.39, 0.29) is 5.92 Å². The van der Waals surface area contributed by atoms with Crippen LogP contribution >= 0.6 is 0 Å². The molecule has 0 spiro atoms. The zero-order valence-corrected chi connectivity index (χ0v) is 10.4. The SMILES string of the molecule is CCCC(CCC)C(C)(O)C(=O)OCC. The number of hydrogen-bond acceptors (Lipinski definition) is 3. The Labute approximate surface area is 92.8 Å². The van der Waals surface area contributed by atoms with Crippen molar-refractivity contribution < 1.29 is 14.6 Å². The first kappa shape index (κ1) is 14.4. The van der Waals surface area contributed by atoms with Crippen LogP contribution in [0.25, 0.3) is 0 Å². The number of carbonyl (C=O) groups is 1. The van der Waals surface area contributed by atoms with Crippen molar-refractivity contribution in [3.05, 3.63) is 0 Å². The lowest BCUT2D eigenvalue weighted by molar-refractivity contribution is -0.169. The molecule has 0 saturated heterocycles. The van der Waals surface area contributed by atoms with Crippen molar-refractivity contribution in [1.29, 1.82) is 0 Å². The van der Waals surface area contributed by atoms with Gasteiger partial charge >= 0.3 is 5.97 Å². The fourth-order valence-electron chi connectivity index (χ4n) is 1.85. The molecule has 0 aromatic rings. The Morgan fingerprint density at radius 2 is 1.73 bits per heavy atom. The molecule has 3 nitrogen and oxygen atoms in total. The fourth-order valence-corrected chi connectivity index (χ4v) is 1.85. The van der Waals surface area contributed by atoms with Gasteiger partial charge in [0.2, 0.25) is 0 Å². The molecule has 0 radical (unpaired) electrons. The average Bonchev–Trinajstić information content (AvgIpc) is 2.18. The predicted molar refractivity (Wildman–Crippen MR) is 60.6 cm³/mol. The van der Waals surface area contributed by atoms with E-state index in [0.29, 0.717) is 6.61 Å². The standard InChI is InChI=1S/C12H24O3/c1-5-8-10(9-6-2)12(4,14)11(13)15-7-3/h10,14H,5-9H2,1-4H3. The van der Waals surface area contributed by atoms with Crippen LogP contribution < -0.4 is 0 Å². The highest BCUT2D eigenvalue weighted by atomic mass is 16.5. The van der Waals surface area contributed by atoms with Crippen molar-refractivity contribution in [2.45, 2.75) is 59.0 Å². The summed E-state index contributed by atoms with van der Waals surface area (Å²) in [6.07, 6.45) is 3.67. The van der Waals surface area contributed by atoms with Gasteiger partial charge in [0.1, 0.15) is 0 Å². The number of rotatable bonds is 7. The zero-order chi connectivity index (χ0) is 11.9. The van der Waals surface area contributed by atoms with Crippen LogP contribution in [0.2, 0.25) is 0 Å². The highest BCUT2D eigenvalue weighted by Gasteiger charge is 2.39. The van der Waals surface area contributed by atoms with E-state index in [9.17, 15) is 9.90 Å². The molecule has 15 heavy (non-hydrogen) atoms. The fraction of sp³-hybridized carbons (Fsp3) is 0.917. The number of hydrogen-bond donors (Lipinski definition) is 1. The molecule has 0 amide bonds. The monoisotopic (exact) mass is 216 g/mol. The quantitative estimate of drug-likeness (QED) is 0.665. The lowest BCUT2D eigenvalue weighted by Gasteiger charge is -2.30. The molecule has 1 atom stereocenters. The first-order valence-corrected chi connectivity index (χ1v) is 5.90. The summed E-state index contributed by atoms with van der Waals surface area (Å²) in [5.74, 6) is -0.483. The second-order valence-electron chi connectivity index (χ2n) is 4.14. The smallest absolute Gasteiger partial charge is 0.338 e. The first-order valence-electron chi connectivity index (χ1n) is 5.90. The second-order valence-corrected chi connectivity index (χ2v) is 4.14. The number of ether oxygens (including phenoxy) is 1. The minimum absolute atomic E-state index is 0.00606. The highest BCUT2D eigenvalue weighted by molar-refractivity contribution is 5.79. The van der Waals surface area contributed by atoms with E-state index in [2.05, 4.69) is 13.8 Å². The summed E-state index contributed by atoms with van der Waals surface area (Å²) in [7, 11) is 0. The van der Waals surface area contributed by atoms with Crippen LogP contribution in [-0.4, -0.2) is 23.3 Å². The van der Waals surface area contributed by atoms with Crippen molar-refractivity contribution in [2.75, 3.05) is 6.61 Å². The van der Waals surface area contributed by atoms with Crippen molar-refractivity contribution in [3.63, 3.8) is 0 Å². The Hall–Kier alpha value is -0.570. The van der Waals surface area contributed by atoms with Crippen LogP contribution in [0, 0.1) is 5.92 Å². The van der Waals surface area contributed by atoms with Gasteiger partial charge in [-0.25, -0.2) is 4.79 Å². The van der Waals surface area contributed by atoms with Gasteiger partial charge in [-0.05, 0) is 32.6 Å². The molecule has 0 aromatic heterocycles. The number of esters is 1. The Bertz CT molecular complexity index is 181. The van der Waals surface area contributed by atoms with Gasteiger partial charge in [-0.15, -0.1) is 0 Å². The summed E-state index contributed by atoms with van der Waals surface area (Å²) in [6, 6.07) is 0. The van der Waals surface area contributed by atoms with Crippen LogP contribution in [0.4, 0.5) is 0 Å². The molecule has 0 bridgehead atoms. The maximum absolute atomic E-state index is 11.6. The van der Waals surface area contributed by atoms with Gasteiger partial charge in [-0.3, -0.25) is 0 Å². The van der Waals surface area contributed by atoms with Gasteiger partial charge in [-0.1, -0.05) is 26.7 Å². The number of aliphatic hydroxyl groups is 1. The Balaban J connectivity index is 4.52. The molecule has 1 N–H and O–H groups in total. The van der Waals surface area contributed by atoms with Crippen LogP contribution in [-0.2, 0) is 9.53 Å². The van der Waals surface area contributed by atoms with E-state index < -0.39 is 11.6 Å². The molecule has 0 aliphatic rings. The van der Waals surface area contributed by atoms with Gasteiger partial charge < -0.3 is 9.84 Å². The molecule has 0 fully saturated rings. The third kappa shape index (κ3) is 4.20. The van der Waals surface area contributed by atoms with E-state index >= 15 is 0 Å². The third-order valence-corrected chi connectivity index (χ3v) is 2.76. The van der Waals surface area contributed by atoms with Crippen molar-refractivity contribution >= 4 is 5.97 Å². The molecule has 90 valence electrons.